The molecule has 3 rings (SSSR count). The maximum atomic E-state index is 13.6. The molecule has 1 unspecified atom stereocenters. The molecule has 0 aromatic heterocycles. The molecule has 179 valence electrons. The number of hydrogen-bond donors (Lipinski definition) is 1. The molecule has 1 amide bonds. The van der Waals surface area contributed by atoms with Crippen LogP contribution in [0.2, 0.25) is 0 Å². The fraction of sp³-hybridized carbons (Fsp3) is 0.269. The number of nitrogens with zero attached hydrogens (tertiary/aromatic N) is 2. The Morgan fingerprint density at radius 1 is 1.03 bits per heavy atom. The molecule has 0 aliphatic rings. The van der Waals surface area contributed by atoms with Crippen molar-refractivity contribution in [3.05, 3.63) is 90.5 Å². The fourth-order valence-electron chi connectivity index (χ4n) is 3.35. The van der Waals surface area contributed by atoms with Crippen LogP contribution in [0.3, 0.4) is 0 Å². The lowest BCUT2D eigenvalue weighted by atomic mass is 10.1. The van der Waals surface area contributed by atoms with Crippen molar-refractivity contribution in [2.75, 3.05) is 25.5 Å². The van der Waals surface area contributed by atoms with E-state index in [1.807, 2.05) is 56.3 Å². The quantitative estimate of drug-likeness (QED) is 0.424. The molecule has 1 radical (unpaired) electrons. The van der Waals surface area contributed by atoms with Gasteiger partial charge < -0.3 is 9.74 Å². The monoisotopic (exact) mass is 480 g/mol. The molecule has 0 saturated carbocycles. The van der Waals surface area contributed by atoms with Gasteiger partial charge in [0.05, 0.1) is 11.4 Å². The summed E-state index contributed by atoms with van der Waals surface area (Å²) in [5.41, 5.74) is 1.72. The van der Waals surface area contributed by atoms with Crippen LogP contribution in [-0.4, -0.2) is 46.1 Å². The summed E-state index contributed by atoms with van der Waals surface area (Å²) < 4.78 is 28.7. The zero-order valence-corrected chi connectivity index (χ0v) is 20.5. The second-order valence-electron chi connectivity index (χ2n) is 8.02. The molecule has 3 aromatic rings. The highest BCUT2D eigenvalue weighted by Gasteiger charge is 2.30. The molecule has 1 atom stereocenters. The van der Waals surface area contributed by atoms with Crippen molar-refractivity contribution < 1.29 is 18.0 Å². The third kappa shape index (κ3) is 6.82. The standard InChI is InChI=1S/C26H30N3O4S/c1-4-18-29(33-23-15-11-14-22(20-23)28(2)3)26(30)25(19-21-12-7-5-8-13-21)27-34(31,32)24-16-9-6-10-17-24/h6-17,20,25,27H,4,18-19H2,1-3H3. The average Bonchev–Trinajstić information content (AvgIpc) is 2.84. The molecule has 0 bridgehead atoms. The smallest absolute Gasteiger partial charge is 0.273 e. The van der Waals surface area contributed by atoms with Crippen LogP contribution in [0.1, 0.15) is 18.9 Å². The first-order chi connectivity index (χ1) is 16.3. The molecule has 0 spiro atoms. The highest BCUT2D eigenvalue weighted by molar-refractivity contribution is 7.89. The van der Waals surface area contributed by atoms with Crippen LogP contribution < -0.4 is 14.5 Å². The molecule has 0 aliphatic carbocycles. The van der Waals surface area contributed by atoms with Crippen LogP contribution in [0, 0.1) is 6.07 Å². The SMILES string of the molecule is CCCN(Oc1cccc(N(C)C)c1)C(=O)C(Cc1cc[c]cc1)NS(=O)(=O)c1ccccc1. The van der Waals surface area contributed by atoms with Crippen LogP contribution in [-0.2, 0) is 21.2 Å². The predicted molar refractivity (Wildman–Crippen MR) is 133 cm³/mol. The van der Waals surface area contributed by atoms with Crippen molar-refractivity contribution in [2.24, 2.45) is 0 Å². The lowest BCUT2D eigenvalue weighted by Crippen LogP contribution is -2.51. The Kier molecular flexibility index (Phi) is 8.67. The second-order valence-corrected chi connectivity index (χ2v) is 9.74. The van der Waals surface area contributed by atoms with Gasteiger partial charge in [0.25, 0.3) is 5.91 Å². The van der Waals surface area contributed by atoms with Gasteiger partial charge in [0.1, 0.15) is 6.04 Å². The average molecular weight is 481 g/mol. The summed E-state index contributed by atoms with van der Waals surface area (Å²) in [6.45, 7) is 2.23. The summed E-state index contributed by atoms with van der Waals surface area (Å²) in [5.74, 6) is 0.0245. The first-order valence-electron chi connectivity index (χ1n) is 11.1. The Bertz CT molecular complexity index is 1170. The van der Waals surface area contributed by atoms with Gasteiger partial charge in [-0.25, -0.2) is 8.42 Å². The summed E-state index contributed by atoms with van der Waals surface area (Å²) in [5, 5.41) is 1.24. The molecule has 34 heavy (non-hydrogen) atoms. The lowest BCUT2D eigenvalue weighted by molar-refractivity contribution is -0.159. The third-order valence-electron chi connectivity index (χ3n) is 5.10. The van der Waals surface area contributed by atoms with E-state index in [9.17, 15) is 13.2 Å². The van der Waals surface area contributed by atoms with Gasteiger partial charge in [-0.1, -0.05) is 55.5 Å². The van der Waals surface area contributed by atoms with E-state index in [0.717, 1.165) is 11.3 Å². The maximum Gasteiger partial charge on any atom is 0.273 e. The van der Waals surface area contributed by atoms with Crippen LogP contribution in [0.4, 0.5) is 5.69 Å². The summed E-state index contributed by atoms with van der Waals surface area (Å²) in [4.78, 5) is 21.6. The highest BCUT2D eigenvalue weighted by Crippen LogP contribution is 2.21. The number of sulfonamides is 1. The summed E-state index contributed by atoms with van der Waals surface area (Å²) in [7, 11) is -0.0986. The zero-order valence-electron chi connectivity index (χ0n) is 19.6. The number of hydrogen-bond acceptors (Lipinski definition) is 5. The minimum absolute atomic E-state index is 0.0934. The molecule has 8 heteroatoms. The minimum Gasteiger partial charge on any atom is -0.378 e. The Labute approximate surface area is 202 Å². The van der Waals surface area contributed by atoms with Crippen molar-refractivity contribution in [2.45, 2.75) is 30.7 Å². The highest BCUT2D eigenvalue weighted by atomic mass is 32.2. The Hall–Kier alpha value is -3.36. The Morgan fingerprint density at radius 3 is 2.38 bits per heavy atom. The normalized spacial score (nSPS) is 12.1. The van der Waals surface area contributed by atoms with Crippen LogP contribution >= 0.6 is 0 Å². The Balaban J connectivity index is 1.90. The van der Waals surface area contributed by atoms with Crippen molar-refractivity contribution in [3.8, 4) is 5.75 Å². The van der Waals surface area contributed by atoms with E-state index in [1.165, 1.54) is 17.2 Å². The molecule has 0 aliphatic heterocycles. The van der Waals surface area contributed by atoms with Gasteiger partial charge in [-0.05, 0) is 48.7 Å². The number of benzene rings is 3. The first kappa shape index (κ1) is 25.3. The first-order valence-corrected chi connectivity index (χ1v) is 12.6. The fourth-order valence-corrected chi connectivity index (χ4v) is 4.56. The van der Waals surface area contributed by atoms with Gasteiger partial charge in [-0.15, -0.1) is 0 Å². The number of nitrogens with one attached hydrogen (secondary N) is 1. The molecule has 0 heterocycles. The van der Waals surface area contributed by atoms with Gasteiger partial charge in [-0.3, -0.25) is 4.79 Å². The van der Waals surface area contributed by atoms with Crippen molar-refractivity contribution in [1.82, 2.24) is 9.79 Å². The maximum absolute atomic E-state index is 13.6. The van der Waals surface area contributed by atoms with E-state index in [-0.39, 0.29) is 11.3 Å². The number of anilines is 1. The van der Waals surface area contributed by atoms with Crippen molar-refractivity contribution in [1.29, 1.82) is 0 Å². The van der Waals surface area contributed by atoms with Crippen LogP contribution in [0.15, 0.2) is 83.8 Å². The molecule has 3 aromatic carbocycles. The molecule has 7 nitrogen and oxygen atoms in total. The lowest BCUT2D eigenvalue weighted by Gasteiger charge is -2.27. The van der Waals surface area contributed by atoms with Crippen molar-refractivity contribution >= 4 is 21.6 Å². The number of carbonyl (C=O) groups excluding carboxylic acids is 1. The molecule has 0 fully saturated rings. The van der Waals surface area contributed by atoms with E-state index < -0.39 is 22.0 Å². The van der Waals surface area contributed by atoms with Gasteiger partial charge in [0.15, 0.2) is 5.75 Å². The topological polar surface area (TPSA) is 79.0 Å². The Morgan fingerprint density at radius 2 is 1.74 bits per heavy atom. The van der Waals surface area contributed by atoms with Gasteiger partial charge >= 0.3 is 0 Å². The van der Waals surface area contributed by atoms with Crippen LogP contribution in [0.25, 0.3) is 0 Å². The largest absolute Gasteiger partial charge is 0.378 e. The predicted octanol–water partition coefficient (Wildman–Crippen LogP) is 3.67. The molecule has 0 saturated heterocycles. The zero-order chi connectivity index (χ0) is 24.6. The van der Waals surface area contributed by atoms with E-state index >= 15 is 0 Å². The van der Waals surface area contributed by atoms with Gasteiger partial charge in [0.2, 0.25) is 10.0 Å². The van der Waals surface area contributed by atoms with E-state index in [0.29, 0.717) is 18.7 Å². The summed E-state index contributed by atoms with van der Waals surface area (Å²) in [6, 6.07) is 24.3. The molecule has 1 N–H and O–H groups in total. The third-order valence-corrected chi connectivity index (χ3v) is 6.59. The van der Waals surface area contributed by atoms with E-state index in [2.05, 4.69) is 10.8 Å². The van der Waals surface area contributed by atoms with E-state index in [4.69, 9.17) is 4.84 Å². The summed E-state index contributed by atoms with van der Waals surface area (Å²) in [6.07, 6.45) is 0.804. The molecular formula is C26H30N3O4S. The van der Waals surface area contributed by atoms with Gasteiger partial charge in [0, 0.05) is 25.8 Å². The van der Waals surface area contributed by atoms with Crippen molar-refractivity contribution in [3.63, 3.8) is 0 Å². The van der Waals surface area contributed by atoms with E-state index in [1.54, 1.807) is 36.4 Å². The van der Waals surface area contributed by atoms with Gasteiger partial charge in [-0.2, -0.15) is 9.79 Å². The number of rotatable bonds is 11. The number of hydroxylamine groups is 2. The summed E-state index contributed by atoms with van der Waals surface area (Å²) >= 11 is 0. The minimum atomic E-state index is -3.93. The molecular weight excluding hydrogens is 450 g/mol. The second kappa shape index (κ2) is 11.7. The number of amides is 1. The number of carbonyl (C=O) groups is 1. The van der Waals surface area contributed by atoms with Crippen LogP contribution in [0.5, 0.6) is 5.75 Å².